The van der Waals surface area contributed by atoms with Crippen molar-refractivity contribution in [3.63, 3.8) is 0 Å². The molecule has 0 aromatic heterocycles. The minimum Gasteiger partial charge on any atom is -0.389 e. The zero-order chi connectivity index (χ0) is 13.1. The number of hydrazine groups is 1. The predicted octanol–water partition coefficient (Wildman–Crippen LogP) is 2.41. The molecule has 98 valence electrons. The van der Waals surface area contributed by atoms with Crippen LogP contribution in [-0.2, 0) is 0 Å². The third kappa shape index (κ3) is 2.94. The largest absolute Gasteiger partial charge is 0.389 e. The molecule has 3 N–H and O–H groups in total. The van der Waals surface area contributed by atoms with Crippen molar-refractivity contribution in [2.45, 2.75) is 19.3 Å². The van der Waals surface area contributed by atoms with Crippen molar-refractivity contribution in [3.8, 4) is 0 Å². The third-order valence-corrected chi connectivity index (χ3v) is 3.19. The topological polar surface area (TPSA) is 41.3 Å². The lowest BCUT2D eigenvalue weighted by atomic mass is 10.1. The molecular formula is C12H15F2N3S. The Hall–Kier alpha value is -1.27. The van der Waals surface area contributed by atoms with E-state index in [4.69, 9.17) is 18.0 Å². The molecule has 0 bridgehead atoms. The van der Waals surface area contributed by atoms with E-state index in [2.05, 4.69) is 5.43 Å². The van der Waals surface area contributed by atoms with Crippen LogP contribution in [0.15, 0.2) is 12.1 Å². The maximum Gasteiger partial charge on any atom is 0.151 e. The van der Waals surface area contributed by atoms with Gasteiger partial charge in [-0.1, -0.05) is 18.6 Å². The van der Waals surface area contributed by atoms with Crippen LogP contribution in [0.1, 0.15) is 24.8 Å². The quantitative estimate of drug-likeness (QED) is 0.828. The normalized spacial score (nSPS) is 16.6. The first-order valence-electron chi connectivity index (χ1n) is 5.88. The highest BCUT2D eigenvalue weighted by Gasteiger charge is 2.16. The standard InChI is InChI=1S/C12H15F2N3S/c13-9-6-8(12(15)18)7-10(14)11(9)16-17-4-2-1-3-5-17/h6-7,16H,1-5H2,(H2,15,18). The van der Waals surface area contributed by atoms with E-state index in [1.54, 1.807) is 0 Å². The van der Waals surface area contributed by atoms with E-state index in [1.807, 2.05) is 5.01 Å². The summed E-state index contributed by atoms with van der Waals surface area (Å²) in [6, 6.07) is 2.30. The highest BCUT2D eigenvalue weighted by Crippen LogP contribution is 2.22. The zero-order valence-corrected chi connectivity index (χ0v) is 10.7. The van der Waals surface area contributed by atoms with E-state index >= 15 is 0 Å². The van der Waals surface area contributed by atoms with Crippen LogP contribution >= 0.6 is 12.2 Å². The third-order valence-electron chi connectivity index (χ3n) is 2.95. The van der Waals surface area contributed by atoms with Gasteiger partial charge >= 0.3 is 0 Å². The Kier molecular flexibility index (Phi) is 4.08. The van der Waals surface area contributed by atoms with Crippen molar-refractivity contribution in [3.05, 3.63) is 29.3 Å². The number of anilines is 1. The minimum absolute atomic E-state index is 0.0164. The minimum atomic E-state index is -0.677. The van der Waals surface area contributed by atoms with Gasteiger partial charge in [-0.2, -0.15) is 0 Å². The molecule has 1 aromatic rings. The SMILES string of the molecule is NC(=S)c1cc(F)c(NN2CCCCC2)c(F)c1. The second-order valence-corrected chi connectivity index (χ2v) is 4.78. The maximum atomic E-state index is 13.8. The van der Waals surface area contributed by atoms with Gasteiger partial charge in [-0.25, -0.2) is 13.8 Å². The molecule has 0 spiro atoms. The lowest BCUT2D eigenvalue weighted by molar-refractivity contribution is 0.270. The summed E-state index contributed by atoms with van der Waals surface area (Å²) in [4.78, 5) is -0.0164. The zero-order valence-electron chi connectivity index (χ0n) is 9.88. The van der Waals surface area contributed by atoms with Crippen molar-refractivity contribution in [1.82, 2.24) is 5.01 Å². The first kappa shape index (κ1) is 13.2. The summed E-state index contributed by atoms with van der Waals surface area (Å²) in [5, 5.41) is 1.82. The average Bonchev–Trinajstić information content (AvgIpc) is 2.34. The summed E-state index contributed by atoms with van der Waals surface area (Å²) < 4.78 is 27.6. The summed E-state index contributed by atoms with van der Waals surface area (Å²) in [6.45, 7) is 1.58. The average molecular weight is 271 g/mol. The summed E-state index contributed by atoms with van der Waals surface area (Å²) in [5.41, 5.74) is 8.19. The Balaban J connectivity index is 2.19. The van der Waals surface area contributed by atoms with Crippen LogP contribution in [0.25, 0.3) is 0 Å². The van der Waals surface area contributed by atoms with Crippen LogP contribution in [0.3, 0.4) is 0 Å². The van der Waals surface area contributed by atoms with Crippen molar-refractivity contribution in [2.75, 3.05) is 18.5 Å². The van der Waals surface area contributed by atoms with Gasteiger partial charge in [0.1, 0.15) is 10.7 Å². The summed E-state index contributed by atoms with van der Waals surface area (Å²) >= 11 is 4.70. The van der Waals surface area contributed by atoms with E-state index in [0.29, 0.717) is 0 Å². The summed E-state index contributed by atoms with van der Waals surface area (Å²) in [6.07, 6.45) is 3.21. The van der Waals surface area contributed by atoms with Crippen LogP contribution in [0, 0.1) is 11.6 Å². The van der Waals surface area contributed by atoms with Crippen LogP contribution < -0.4 is 11.2 Å². The van der Waals surface area contributed by atoms with Crippen molar-refractivity contribution in [2.24, 2.45) is 5.73 Å². The Morgan fingerprint density at radius 2 is 1.72 bits per heavy atom. The molecule has 0 aliphatic carbocycles. The number of thiocarbonyl (C=S) groups is 1. The van der Waals surface area contributed by atoms with E-state index in [0.717, 1.165) is 44.5 Å². The lowest BCUT2D eigenvalue weighted by Crippen LogP contribution is -2.35. The van der Waals surface area contributed by atoms with Gasteiger partial charge in [-0.05, 0) is 25.0 Å². The summed E-state index contributed by atoms with van der Waals surface area (Å²) in [5.74, 6) is -1.35. The first-order chi connectivity index (χ1) is 8.58. The molecule has 1 aromatic carbocycles. The molecule has 0 saturated carbocycles. The van der Waals surface area contributed by atoms with Crippen molar-refractivity contribution in [1.29, 1.82) is 0 Å². The molecule has 1 aliphatic heterocycles. The molecule has 1 aliphatic rings. The fourth-order valence-electron chi connectivity index (χ4n) is 1.99. The number of benzene rings is 1. The van der Waals surface area contributed by atoms with E-state index in [-0.39, 0.29) is 16.2 Å². The fraction of sp³-hybridized carbons (Fsp3) is 0.417. The lowest BCUT2D eigenvalue weighted by Gasteiger charge is -2.28. The Morgan fingerprint density at radius 3 is 2.22 bits per heavy atom. The van der Waals surface area contributed by atoms with Crippen LogP contribution in [0.2, 0.25) is 0 Å². The Morgan fingerprint density at radius 1 is 1.17 bits per heavy atom. The molecule has 3 nitrogen and oxygen atoms in total. The maximum absolute atomic E-state index is 13.8. The number of rotatable bonds is 3. The second-order valence-electron chi connectivity index (χ2n) is 4.34. The number of halogens is 2. The van der Waals surface area contributed by atoms with Crippen LogP contribution in [-0.4, -0.2) is 23.1 Å². The van der Waals surface area contributed by atoms with Crippen LogP contribution in [0.4, 0.5) is 14.5 Å². The van der Waals surface area contributed by atoms with E-state index in [9.17, 15) is 8.78 Å². The van der Waals surface area contributed by atoms with Crippen molar-refractivity contribution >= 4 is 22.9 Å². The van der Waals surface area contributed by atoms with Crippen LogP contribution in [0.5, 0.6) is 0 Å². The fourth-order valence-corrected chi connectivity index (χ4v) is 2.10. The summed E-state index contributed by atoms with van der Waals surface area (Å²) in [7, 11) is 0. The molecule has 1 saturated heterocycles. The van der Waals surface area contributed by atoms with E-state index < -0.39 is 11.6 Å². The number of nitrogens with one attached hydrogen (secondary N) is 1. The number of piperidine rings is 1. The molecule has 6 heteroatoms. The molecule has 0 unspecified atom stereocenters. The smallest absolute Gasteiger partial charge is 0.151 e. The van der Waals surface area contributed by atoms with Gasteiger partial charge < -0.3 is 11.2 Å². The van der Waals surface area contributed by atoms with Gasteiger partial charge in [0, 0.05) is 18.7 Å². The molecule has 0 amide bonds. The molecule has 18 heavy (non-hydrogen) atoms. The number of hydrogen-bond donors (Lipinski definition) is 2. The first-order valence-corrected chi connectivity index (χ1v) is 6.29. The molecular weight excluding hydrogens is 256 g/mol. The van der Waals surface area contributed by atoms with Gasteiger partial charge in [0.05, 0.1) is 0 Å². The molecule has 0 radical (unpaired) electrons. The Bertz CT molecular complexity index is 436. The Labute approximate surface area is 110 Å². The molecule has 1 heterocycles. The second kappa shape index (κ2) is 5.58. The highest BCUT2D eigenvalue weighted by atomic mass is 32.1. The number of nitrogens with two attached hydrogens (primary N) is 1. The van der Waals surface area contributed by atoms with Crippen molar-refractivity contribution < 1.29 is 8.78 Å². The monoisotopic (exact) mass is 271 g/mol. The molecule has 0 atom stereocenters. The van der Waals surface area contributed by atoms with Gasteiger partial charge in [-0.3, -0.25) is 0 Å². The van der Waals surface area contributed by atoms with Gasteiger partial charge in [0.15, 0.2) is 11.6 Å². The molecule has 2 rings (SSSR count). The van der Waals surface area contributed by atoms with E-state index in [1.165, 1.54) is 0 Å². The number of hydrogen-bond acceptors (Lipinski definition) is 3. The predicted molar refractivity (Wildman–Crippen MR) is 71.3 cm³/mol. The number of nitrogens with zero attached hydrogens (tertiary/aromatic N) is 1. The van der Waals surface area contributed by atoms with Gasteiger partial charge in [-0.15, -0.1) is 0 Å². The van der Waals surface area contributed by atoms with Gasteiger partial charge in [0.25, 0.3) is 0 Å². The van der Waals surface area contributed by atoms with Gasteiger partial charge in [0.2, 0.25) is 0 Å². The highest BCUT2D eigenvalue weighted by molar-refractivity contribution is 7.80. The molecule has 1 fully saturated rings.